The second kappa shape index (κ2) is 6.76. The van der Waals surface area contributed by atoms with Crippen molar-refractivity contribution >= 4 is 0 Å². The van der Waals surface area contributed by atoms with Crippen molar-refractivity contribution in [2.75, 3.05) is 20.2 Å². The summed E-state index contributed by atoms with van der Waals surface area (Å²) < 4.78 is 5.57. The van der Waals surface area contributed by atoms with Crippen molar-refractivity contribution in [3.05, 3.63) is 0 Å². The summed E-state index contributed by atoms with van der Waals surface area (Å²) in [4.78, 5) is 2.74. The SMILES string of the molecule is COC1CCN(C2CCCCC2C(C)(C)C)C(CN)C1. The molecule has 0 radical (unpaired) electrons. The molecule has 3 nitrogen and oxygen atoms in total. The molecule has 1 saturated carbocycles. The van der Waals surface area contributed by atoms with Crippen molar-refractivity contribution < 1.29 is 4.74 Å². The molecule has 2 fully saturated rings. The Morgan fingerprint density at radius 1 is 1.15 bits per heavy atom. The standard InChI is InChI=1S/C17H34N2O/c1-17(2,3)15-7-5-6-8-16(15)19-10-9-14(20-4)11-13(19)12-18/h13-16H,5-12,18H2,1-4H3. The average molecular weight is 282 g/mol. The van der Waals surface area contributed by atoms with E-state index in [2.05, 4.69) is 25.7 Å². The molecule has 0 aromatic rings. The van der Waals surface area contributed by atoms with Gasteiger partial charge in [-0.1, -0.05) is 33.6 Å². The van der Waals surface area contributed by atoms with Gasteiger partial charge in [0.15, 0.2) is 0 Å². The smallest absolute Gasteiger partial charge is 0.0599 e. The zero-order valence-electron chi connectivity index (χ0n) is 13.9. The molecule has 4 unspecified atom stereocenters. The molecule has 0 aromatic heterocycles. The first-order valence-corrected chi connectivity index (χ1v) is 8.46. The zero-order valence-corrected chi connectivity index (χ0v) is 13.9. The van der Waals surface area contributed by atoms with E-state index < -0.39 is 0 Å². The maximum absolute atomic E-state index is 6.07. The molecule has 1 aliphatic carbocycles. The lowest BCUT2D eigenvalue weighted by molar-refractivity contribution is -0.0418. The summed E-state index contributed by atoms with van der Waals surface area (Å²) in [5, 5.41) is 0. The van der Waals surface area contributed by atoms with Crippen LogP contribution in [0.25, 0.3) is 0 Å². The van der Waals surface area contributed by atoms with Gasteiger partial charge in [0.1, 0.15) is 0 Å². The monoisotopic (exact) mass is 282 g/mol. The molecular formula is C17H34N2O. The first-order chi connectivity index (χ1) is 9.47. The normalized spacial score (nSPS) is 37.0. The highest BCUT2D eigenvalue weighted by Crippen LogP contribution is 2.42. The summed E-state index contributed by atoms with van der Waals surface area (Å²) in [5.41, 5.74) is 6.48. The van der Waals surface area contributed by atoms with Gasteiger partial charge in [-0.2, -0.15) is 0 Å². The molecule has 4 atom stereocenters. The Balaban J connectivity index is 2.10. The van der Waals surface area contributed by atoms with E-state index in [1.54, 1.807) is 0 Å². The maximum Gasteiger partial charge on any atom is 0.0599 e. The van der Waals surface area contributed by atoms with Crippen LogP contribution in [0.2, 0.25) is 0 Å². The van der Waals surface area contributed by atoms with Gasteiger partial charge in [-0.3, -0.25) is 4.90 Å². The van der Waals surface area contributed by atoms with Gasteiger partial charge in [-0.25, -0.2) is 0 Å². The molecule has 2 rings (SSSR count). The molecule has 2 N–H and O–H groups in total. The summed E-state index contributed by atoms with van der Waals surface area (Å²) in [6.07, 6.45) is 8.22. The van der Waals surface area contributed by atoms with E-state index in [4.69, 9.17) is 10.5 Å². The van der Waals surface area contributed by atoms with Crippen molar-refractivity contribution in [1.29, 1.82) is 0 Å². The highest BCUT2D eigenvalue weighted by Gasteiger charge is 2.41. The molecule has 2 aliphatic rings. The Hall–Kier alpha value is -0.120. The number of methoxy groups -OCH3 is 1. The van der Waals surface area contributed by atoms with Crippen molar-refractivity contribution in [2.24, 2.45) is 17.1 Å². The molecule has 0 amide bonds. The Morgan fingerprint density at radius 2 is 1.85 bits per heavy atom. The van der Waals surface area contributed by atoms with Crippen LogP contribution >= 0.6 is 0 Å². The van der Waals surface area contributed by atoms with Crippen LogP contribution in [-0.4, -0.2) is 43.3 Å². The summed E-state index contributed by atoms with van der Waals surface area (Å²) in [7, 11) is 1.84. The predicted molar refractivity (Wildman–Crippen MR) is 84.8 cm³/mol. The van der Waals surface area contributed by atoms with Gasteiger partial charge in [-0.15, -0.1) is 0 Å². The predicted octanol–water partition coefficient (Wildman–Crippen LogP) is 3.03. The lowest BCUT2D eigenvalue weighted by Crippen LogP contribution is -2.57. The topological polar surface area (TPSA) is 38.5 Å². The number of rotatable bonds is 3. The van der Waals surface area contributed by atoms with Gasteiger partial charge in [0.25, 0.3) is 0 Å². The summed E-state index contributed by atoms with van der Waals surface area (Å²) in [6, 6.07) is 1.25. The van der Waals surface area contributed by atoms with Crippen LogP contribution in [0.3, 0.4) is 0 Å². The van der Waals surface area contributed by atoms with Gasteiger partial charge >= 0.3 is 0 Å². The van der Waals surface area contributed by atoms with E-state index in [9.17, 15) is 0 Å². The molecule has 1 heterocycles. The number of piperidine rings is 1. The summed E-state index contributed by atoms with van der Waals surface area (Å²) >= 11 is 0. The Labute approximate surface area is 125 Å². The highest BCUT2D eigenvalue weighted by molar-refractivity contribution is 4.95. The van der Waals surface area contributed by atoms with Gasteiger partial charge in [0.05, 0.1) is 6.10 Å². The van der Waals surface area contributed by atoms with Gasteiger partial charge in [0.2, 0.25) is 0 Å². The molecule has 0 bridgehead atoms. The van der Waals surface area contributed by atoms with Gasteiger partial charge < -0.3 is 10.5 Å². The minimum atomic E-state index is 0.405. The molecule has 0 aromatic carbocycles. The van der Waals surface area contributed by atoms with E-state index in [-0.39, 0.29) is 0 Å². The third-order valence-electron chi connectivity index (χ3n) is 5.59. The van der Waals surface area contributed by atoms with E-state index >= 15 is 0 Å². The fourth-order valence-corrected chi connectivity index (χ4v) is 4.43. The molecule has 118 valence electrons. The van der Waals surface area contributed by atoms with Crippen molar-refractivity contribution in [1.82, 2.24) is 4.90 Å². The second-order valence-electron chi connectivity index (χ2n) is 7.83. The number of hydrogen-bond acceptors (Lipinski definition) is 3. The highest BCUT2D eigenvalue weighted by atomic mass is 16.5. The van der Waals surface area contributed by atoms with E-state index in [1.807, 2.05) is 7.11 Å². The fourth-order valence-electron chi connectivity index (χ4n) is 4.43. The summed E-state index contributed by atoms with van der Waals surface area (Å²) in [5.74, 6) is 0.810. The number of hydrogen-bond donors (Lipinski definition) is 1. The van der Waals surface area contributed by atoms with Crippen LogP contribution in [0, 0.1) is 11.3 Å². The molecule has 3 heteroatoms. The van der Waals surface area contributed by atoms with Crippen molar-refractivity contribution in [2.45, 2.75) is 77.5 Å². The van der Waals surface area contributed by atoms with Crippen LogP contribution in [0.4, 0.5) is 0 Å². The number of nitrogens with two attached hydrogens (primary N) is 1. The Morgan fingerprint density at radius 3 is 2.45 bits per heavy atom. The van der Waals surface area contributed by atoms with Gasteiger partial charge in [0, 0.05) is 32.3 Å². The maximum atomic E-state index is 6.07. The molecular weight excluding hydrogens is 248 g/mol. The third kappa shape index (κ3) is 3.55. The first-order valence-electron chi connectivity index (χ1n) is 8.46. The van der Waals surface area contributed by atoms with Gasteiger partial charge in [-0.05, 0) is 37.0 Å². The van der Waals surface area contributed by atoms with Crippen LogP contribution in [0.15, 0.2) is 0 Å². The molecule has 1 aliphatic heterocycles. The molecule has 20 heavy (non-hydrogen) atoms. The third-order valence-corrected chi connectivity index (χ3v) is 5.59. The van der Waals surface area contributed by atoms with E-state index in [0.717, 1.165) is 31.5 Å². The zero-order chi connectivity index (χ0) is 14.8. The van der Waals surface area contributed by atoms with E-state index in [0.29, 0.717) is 17.6 Å². The lowest BCUT2D eigenvalue weighted by Gasteiger charge is -2.50. The molecule has 1 saturated heterocycles. The fraction of sp³-hybridized carbons (Fsp3) is 1.00. The lowest BCUT2D eigenvalue weighted by atomic mass is 9.68. The van der Waals surface area contributed by atoms with Crippen molar-refractivity contribution in [3.63, 3.8) is 0 Å². The van der Waals surface area contributed by atoms with Crippen LogP contribution in [-0.2, 0) is 4.74 Å². The number of ether oxygens (including phenoxy) is 1. The van der Waals surface area contributed by atoms with Crippen LogP contribution in [0.5, 0.6) is 0 Å². The molecule has 0 spiro atoms. The minimum absolute atomic E-state index is 0.405. The number of nitrogens with zero attached hydrogens (tertiary/aromatic N) is 1. The Bertz CT molecular complexity index is 300. The second-order valence-corrected chi connectivity index (χ2v) is 7.83. The quantitative estimate of drug-likeness (QED) is 0.864. The van der Waals surface area contributed by atoms with Crippen LogP contribution in [0.1, 0.15) is 59.3 Å². The minimum Gasteiger partial charge on any atom is -0.381 e. The largest absolute Gasteiger partial charge is 0.381 e. The summed E-state index contributed by atoms with van der Waals surface area (Å²) in [6.45, 7) is 9.17. The Kier molecular flexibility index (Phi) is 5.49. The van der Waals surface area contributed by atoms with E-state index in [1.165, 1.54) is 32.1 Å². The van der Waals surface area contributed by atoms with Crippen LogP contribution < -0.4 is 5.73 Å². The average Bonchev–Trinajstić information content (AvgIpc) is 2.45. The first kappa shape index (κ1) is 16.3. The van der Waals surface area contributed by atoms with Crippen molar-refractivity contribution in [3.8, 4) is 0 Å². The number of likely N-dealkylation sites (tertiary alicyclic amines) is 1.